The van der Waals surface area contributed by atoms with Crippen LogP contribution in [0, 0.1) is 0 Å². The van der Waals surface area contributed by atoms with Crippen LogP contribution in [0.3, 0.4) is 0 Å². The molecule has 1 aliphatic carbocycles. The van der Waals surface area contributed by atoms with E-state index in [4.69, 9.17) is 4.42 Å². The van der Waals surface area contributed by atoms with E-state index in [-0.39, 0.29) is 0 Å². The van der Waals surface area contributed by atoms with Gasteiger partial charge in [0, 0.05) is 37.6 Å². The van der Waals surface area contributed by atoms with Crippen LogP contribution in [0.1, 0.15) is 32.1 Å². The minimum absolute atomic E-state index is 0.799. The first-order valence-electron chi connectivity index (χ1n) is 9.51. The molecule has 0 amide bonds. The van der Waals surface area contributed by atoms with Crippen molar-refractivity contribution in [3.63, 3.8) is 0 Å². The van der Waals surface area contributed by atoms with Gasteiger partial charge in [0.05, 0.1) is 0 Å². The molecular weight excluding hydrogens is 312 g/mol. The molecule has 0 atom stereocenters. The zero-order valence-corrected chi connectivity index (χ0v) is 14.5. The number of hydrogen-bond acceptors (Lipinski definition) is 5. The minimum atomic E-state index is 0.799. The number of anilines is 1. The Hall–Kier alpha value is -2.14. The quantitative estimate of drug-likeness (QED) is 0.712. The molecular formula is C20H24N4O. The summed E-state index contributed by atoms with van der Waals surface area (Å²) in [6.07, 6.45) is 8.64. The largest absolute Gasteiger partial charge is 0.450 e. The normalized spacial score (nSPS) is 20.6. The molecule has 1 aromatic carbocycles. The van der Waals surface area contributed by atoms with Gasteiger partial charge in [0.15, 0.2) is 11.4 Å². The van der Waals surface area contributed by atoms with Crippen molar-refractivity contribution >= 4 is 27.9 Å². The summed E-state index contributed by atoms with van der Waals surface area (Å²) >= 11 is 0. The van der Waals surface area contributed by atoms with Crippen LogP contribution >= 0.6 is 0 Å². The molecule has 2 aromatic heterocycles. The van der Waals surface area contributed by atoms with E-state index in [9.17, 15) is 0 Å². The minimum Gasteiger partial charge on any atom is -0.450 e. The van der Waals surface area contributed by atoms with E-state index in [1.807, 2.05) is 18.2 Å². The number of nitrogens with zero attached hydrogens (tertiary/aromatic N) is 4. The smallest absolute Gasteiger partial charge is 0.196 e. The van der Waals surface area contributed by atoms with Crippen LogP contribution in [-0.2, 0) is 0 Å². The van der Waals surface area contributed by atoms with Gasteiger partial charge in [-0.05, 0) is 25.0 Å². The summed E-state index contributed by atoms with van der Waals surface area (Å²) < 4.78 is 6.10. The molecule has 0 bridgehead atoms. The average molecular weight is 336 g/mol. The summed E-state index contributed by atoms with van der Waals surface area (Å²) in [6.45, 7) is 4.27. The van der Waals surface area contributed by atoms with Crippen LogP contribution in [0.15, 0.2) is 35.0 Å². The van der Waals surface area contributed by atoms with E-state index in [0.29, 0.717) is 0 Å². The van der Waals surface area contributed by atoms with E-state index in [1.165, 1.54) is 32.1 Å². The number of rotatable bonds is 2. The SMILES string of the molecule is c1ccc2c(c1)oc1c(N3CCN(C4CCCCC4)CC3)ncnc12. The monoisotopic (exact) mass is 336 g/mol. The lowest BCUT2D eigenvalue weighted by molar-refractivity contribution is 0.147. The van der Waals surface area contributed by atoms with Crippen LogP contribution < -0.4 is 4.90 Å². The fourth-order valence-electron chi connectivity index (χ4n) is 4.48. The van der Waals surface area contributed by atoms with Crippen LogP contribution in [0.5, 0.6) is 0 Å². The van der Waals surface area contributed by atoms with E-state index < -0.39 is 0 Å². The highest BCUT2D eigenvalue weighted by molar-refractivity contribution is 6.05. The molecule has 1 aliphatic heterocycles. The summed E-state index contributed by atoms with van der Waals surface area (Å²) in [5.41, 5.74) is 2.64. The molecule has 1 saturated heterocycles. The van der Waals surface area contributed by atoms with E-state index in [1.54, 1.807) is 6.33 Å². The second kappa shape index (κ2) is 6.30. The van der Waals surface area contributed by atoms with Crippen molar-refractivity contribution in [1.82, 2.24) is 14.9 Å². The lowest BCUT2D eigenvalue weighted by Crippen LogP contribution is -2.51. The molecule has 2 fully saturated rings. The van der Waals surface area contributed by atoms with Gasteiger partial charge >= 0.3 is 0 Å². The predicted molar refractivity (Wildman–Crippen MR) is 100.0 cm³/mol. The molecule has 5 heteroatoms. The first-order valence-corrected chi connectivity index (χ1v) is 9.51. The standard InChI is InChI=1S/C20H24N4O/c1-2-6-15(7-3-1)23-10-12-24(13-11-23)20-19-18(21-14-22-20)16-8-4-5-9-17(16)25-19/h4-5,8-9,14-15H,1-3,6-7,10-13H2. The van der Waals surface area contributed by atoms with E-state index in [2.05, 4.69) is 25.8 Å². The second-order valence-corrected chi connectivity index (χ2v) is 7.29. The molecule has 5 nitrogen and oxygen atoms in total. The molecule has 25 heavy (non-hydrogen) atoms. The van der Waals surface area contributed by atoms with Crippen LogP contribution in [0.4, 0.5) is 5.82 Å². The fraction of sp³-hybridized carbons (Fsp3) is 0.500. The lowest BCUT2D eigenvalue weighted by Gasteiger charge is -2.41. The third-order valence-electron chi connectivity index (χ3n) is 5.84. The number of benzene rings is 1. The van der Waals surface area contributed by atoms with Crippen molar-refractivity contribution in [1.29, 1.82) is 0 Å². The number of para-hydroxylation sites is 1. The Kier molecular flexibility index (Phi) is 3.82. The van der Waals surface area contributed by atoms with Gasteiger partial charge in [-0.3, -0.25) is 4.90 Å². The van der Waals surface area contributed by atoms with Crippen LogP contribution in [-0.4, -0.2) is 47.1 Å². The Labute approximate surface area is 147 Å². The molecule has 3 aromatic rings. The Bertz CT molecular complexity index is 876. The van der Waals surface area contributed by atoms with Gasteiger partial charge in [-0.15, -0.1) is 0 Å². The van der Waals surface area contributed by atoms with Gasteiger partial charge in [-0.1, -0.05) is 31.4 Å². The molecule has 1 saturated carbocycles. The molecule has 0 spiro atoms. The second-order valence-electron chi connectivity index (χ2n) is 7.29. The van der Waals surface area contributed by atoms with Gasteiger partial charge in [0.25, 0.3) is 0 Å². The zero-order valence-electron chi connectivity index (χ0n) is 14.5. The van der Waals surface area contributed by atoms with Gasteiger partial charge in [-0.25, -0.2) is 9.97 Å². The average Bonchev–Trinajstić information content (AvgIpc) is 3.08. The molecule has 2 aliphatic rings. The zero-order chi connectivity index (χ0) is 16.6. The van der Waals surface area contributed by atoms with Gasteiger partial charge < -0.3 is 9.32 Å². The lowest BCUT2D eigenvalue weighted by atomic mass is 9.94. The summed E-state index contributed by atoms with van der Waals surface area (Å²) in [5.74, 6) is 0.949. The maximum absolute atomic E-state index is 6.10. The Balaban J connectivity index is 1.40. The number of piperazine rings is 1. The molecule has 3 heterocycles. The Morgan fingerprint density at radius 1 is 0.920 bits per heavy atom. The van der Waals surface area contributed by atoms with E-state index >= 15 is 0 Å². The summed E-state index contributed by atoms with van der Waals surface area (Å²) in [6, 6.07) is 8.90. The van der Waals surface area contributed by atoms with Crippen molar-refractivity contribution in [2.75, 3.05) is 31.1 Å². The maximum atomic E-state index is 6.10. The van der Waals surface area contributed by atoms with Gasteiger partial charge in [0.2, 0.25) is 0 Å². The van der Waals surface area contributed by atoms with Crippen molar-refractivity contribution in [3.8, 4) is 0 Å². The third kappa shape index (κ3) is 2.67. The Morgan fingerprint density at radius 3 is 2.56 bits per heavy atom. The van der Waals surface area contributed by atoms with Crippen LogP contribution in [0.25, 0.3) is 22.1 Å². The first-order chi connectivity index (χ1) is 12.4. The summed E-state index contributed by atoms with van der Waals surface area (Å²) in [4.78, 5) is 14.1. The molecule has 130 valence electrons. The first kappa shape index (κ1) is 15.1. The molecule has 0 N–H and O–H groups in total. The van der Waals surface area contributed by atoms with Gasteiger partial charge in [0.1, 0.15) is 17.4 Å². The summed E-state index contributed by atoms with van der Waals surface area (Å²) in [5, 5.41) is 1.07. The summed E-state index contributed by atoms with van der Waals surface area (Å²) in [7, 11) is 0. The predicted octanol–water partition coefficient (Wildman–Crippen LogP) is 3.83. The number of furan rings is 1. The van der Waals surface area contributed by atoms with Gasteiger partial charge in [-0.2, -0.15) is 0 Å². The van der Waals surface area contributed by atoms with Crippen molar-refractivity contribution in [3.05, 3.63) is 30.6 Å². The fourth-order valence-corrected chi connectivity index (χ4v) is 4.48. The highest BCUT2D eigenvalue weighted by atomic mass is 16.3. The van der Waals surface area contributed by atoms with E-state index in [0.717, 1.165) is 60.1 Å². The number of fused-ring (bicyclic) bond motifs is 3. The molecule has 0 radical (unpaired) electrons. The number of hydrogen-bond donors (Lipinski definition) is 0. The highest BCUT2D eigenvalue weighted by Crippen LogP contribution is 2.33. The number of aromatic nitrogens is 2. The highest BCUT2D eigenvalue weighted by Gasteiger charge is 2.27. The molecule has 0 unspecified atom stereocenters. The Morgan fingerprint density at radius 2 is 1.72 bits per heavy atom. The maximum Gasteiger partial charge on any atom is 0.196 e. The topological polar surface area (TPSA) is 45.4 Å². The third-order valence-corrected chi connectivity index (χ3v) is 5.84. The van der Waals surface area contributed by atoms with Crippen molar-refractivity contribution < 1.29 is 4.42 Å². The van der Waals surface area contributed by atoms with Crippen molar-refractivity contribution in [2.24, 2.45) is 0 Å². The van der Waals surface area contributed by atoms with Crippen molar-refractivity contribution in [2.45, 2.75) is 38.1 Å². The van der Waals surface area contributed by atoms with Crippen LogP contribution in [0.2, 0.25) is 0 Å². The molecule has 5 rings (SSSR count).